The standard InChI is InChI=1S/C23H26FN3O3/c1-15(2)29-19-8-5-17(6-9-19)12-13-25-21(28)10-11-22-26-23(27-30-22)18-7-4-16(3)20(24)14-18/h4-9,14-15H,10-13H2,1-3H3,(H,25,28). The number of benzene rings is 2. The van der Waals surface area contributed by atoms with Crippen molar-refractivity contribution in [2.45, 2.75) is 46.1 Å². The Morgan fingerprint density at radius 1 is 1.17 bits per heavy atom. The summed E-state index contributed by atoms with van der Waals surface area (Å²) >= 11 is 0. The highest BCUT2D eigenvalue weighted by Gasteiger charge is 2.12. The summed E-state index contributed by atoms with van der Waals surface area (Å²) in [5.41, 5.74) is 2.22. The van der Waals surface area contributed by atoms with Gasteiger partial charge in [-0.15, -0.1) is 0 Å². The van der Waals surface area contributed by atoms with E-state index in [0.717, 1.165) is 17.7 Å². The Morgan fingerprint density at radius 2 is 1.93 bits per heavy atom. The van der Waals surface area contributed by atoms with Gasteiger partial charge in [-0.2, -0.15) is 4.98 Å². The predicted molar refractivity (Wildman–Crippen MR) is 112 cm³/mol. The maximum absolute atomic E-state index is 13.7. The van der Waals surface area contributed by atoms with Crippen molar-refractivity contribution in [1.82, 2.24) is 15.5 Å². The Kier molecular flexibility index (Phi) is 7.17. The number of nitrogens with zero attached hydrogens (tertiary/aromatic N) is 2. The topological polar surface area (TPSA) is 77.2 Å². The molecule has 30 heavy (non-hydrogen) atoms. The monoisotopic (exact) mass is 411 g/mol. The minimum atomic E-state index is -0.319. The average molecular weight is 411 g/mol. The zero-order valence-electron chi connectivity index (χ0n) is 17.4. The van der Waals surface area contributed by atoms with E-state index in [1.807, 2.05) is 38.1 Å². The molecule has 3 aromatic rings. The van der Waals surface area contributed by atoms with E-state index in [4.69, 9.17) is 9.26 Å². The molecule has 1 heterocycles. The molecule has 7 heteroatoms. The van der Waals surface area contributed by atoms with Crippen molar-refractivity contribution in [2.75, 3.05) is 6.54 Å². The van der Waals surface area contributed by atoms with Crippen LogP contribution in [0.4, 0.5) is 4.39 Å². The van der Waals surface area contributed by atoms with Crippen molar-refractivity contribution >= 4 is 5.91 Å². The van der Waals surface area contributed by atoms with Crippen LogP contribution in [-0.2, 0) is 17.6 Å². The van der Waals surface area contributed by atoms with Gasteiger partial charge in [0.05, 0.1) is 6.10 Å². The first-order chi connectivity index (χ1) is 14.4. The first-order valence-electron chi connectivity index (χ1n) is 10.0. The van der Waals surface area contributed by atoms with E-state index in [1.54, 1.807) is 19.1 Å². The molecule has 0 saturated heterocycles. The zero-order chi connectivity index (χ0) is 21.5. The van der Waals surface area contributed by atoms with Crippen molar-refractivity contribution in [1.29, 1.82) is 0 Å². The van der Waals surface area contributed by atoms with Crippen LogP contribution in [0.2, 0.25) is 0 Å². The van der Waals surface area contributed by atoms with Crippen molar-refractivity contribution < 1.29 is 18.4 Å². The van der Waals surface area contributed by atoms with E-state index >= 15 is 0 Å². The number of aromatic nitrogens is 2. The van der Waals surface area contributed by atoms with Crippen LogP contribution in [0.1, 0.15) is 37.3 Å². The number of carbonyl (C=O) groups excluding carboxylic acids is 1. The van der Waals surface area contributed by atoms with Gasteiger partial charge in [0.1, 0.15) is 11.6 Å². The summed E-state index contributed by atoms with van der Waals surface area (Å²) in [7, 11) is 0. The van der Waals surface area contributed by atoms with Crippen LogP contribution in [-0.4, -0.2) is 28.7 Å². The van der Waals surface area contributed by atoms with Crippen molar-refractivity contribution in [3.63, 3.8) is 0 Å². The molecule has 0 unspecified atom stereocenters. The lowest BCUT2D eigenvalue weighted by Gasteiger charge is -2.10. The SMILES string of the molecule is Cc1ccc(-c2noc(CCC(=O)NCCc3ccc(OC(C)C)cc3)n2)cc1F. The number of halogens is 1. The van der Waals surface area contributed by atoms with E-state index in [0.29, 0.717) is 35.8 Å². The summed E-state index contributed by atoms with van der Waals surface area (Å²) in [6.07, 6.45) is 1.44. The van der Waals surface area contributed by atoms with E-state index in [9.17, 15) is 9.18 Å². The lowest BCUT2D eigenvalue weighted by Crippen LogP contribution is -2.25. The first kappa shape index (κ1) is 21.5. The molecule has 3 rings (SSSR count). The lowest BCUT2D eigenvalue weighted by atomic mass is 10.1. The second-order valence-electron chi connectivity index (χ2n) is 7.39. The second-order valence-corrected chi connectivity index (χ2v) is 7.39. The Morgan fingerprint density at radius 3 is 2.63 bits per heavy atom. The van der Waals surface area contributed by atoms with Crippen LogP contribution >= 0.6 is 0 Å². The largest absolute Gasteiger partial charge is 0.491 e. The maximum Gasteiger partial charge on any atom is 0.227 e. The fourth-order valence-electron chi connectivity index (χ4n) is 2.87. The molecule has 0 spiro atoms. The van der Waals surface area contributed by atoms with Gasteiger partial charge < -0.3 is 14.6 Å². The molecule has 0 radical (unpaired) electrons. The van der Waals surface area contributed by atoms with Crippen LogP contribution in [0, 0.1) is 12.7 Å². The fourth-order valence-corrected chi connectivity index (χ4v) is 2.87. The number of aryl methyl sites for hydroxylation is 2. The molecule has 1 N–H and O–H groups in total. The third-order valence-electron chi connectivity index (χ3n) is 4.50. The van der Waals surface area contributed by atoms with Gasteiger partial charge in [0.25, 0.3) is 0 Å². The molecule has 1 amide bonds. The fraction of sp³-hybridized carbons (Fsp3) is 0.348. The minimum absolute atomic E-state index is 0.0871. The molecule has 158 valence electrons. The summed E-state index contributed by atoms with van der Waals surface area (Å²) in [4.78, 5) is 16.3. The van der Waals surface area contributed by atoms with Crippen LogP contribution in [0.15, 0.2) is 47.0 Å². The number of amides is 1. The van der Waals surface area contributed by atoms with Gasteiger partial charge >= 0.3 is 0 Å². The highest BCUT2D eigenvalue weighted by atomic mass is 19.1. The summed E-state index contributed by atoms with van der Waals surface area (Å²) in [5.74, 6) is 1.09. The summed E-state index contributed by atoms with van der Waals surface area (Å²) in [6.45, 7) is 6.21. The molecule has 0 aliphatic rings. The highest BCUT2D eigenvalue weighted by Crippen LogP contribution is 2.19. The Bertz CT molecular complexity index is 984. The number of hydrogen-bond donors (Lipinski definition) is 1. The summed E-state index contributed by atoms with van der Waals surface area (Å²) in [5, 5.41) is 6.76. The van der Waals surface area contributed by atoms with Gasteiger partial charge in [-0.3, -0.25) is 4.79 Å². The van der Waals surface area contributed by atoms with Gasteiger partial charge in [-0.05, 0) is 56.5 Å². The molecule has 0 saturated carbocycles. The van der Waals surface area contributed by atoms with Crippen LogP contribution in [0.5, 0.6) is 5.75 Å². The molecule has 1 aromatic heterocycles. The number of rotatable bonds is 9. The number of carbonyl (C=O) groups is 1. The van der Waals surface area contributed by atoms with E-state index in [2.05, 4.69) is 15.5 Å². The Labute approximate surface area is 175 Å². The Balaban J connectivity index is 1.41. The Hall–Kier alpha value is -3.22. The maximum atomic E-state index is 13.7. The molecule has 0 bridgehead atoms. The van der Waals surface area contributed by atoms with Crippen LogP contribution < -0.4 is 10.1 Å². The molecule has 0 atom stereocenters. The molecular weight excluding hydrogens is 385 g/mol. The first-order valence-corrected chi connectivity index (χ1v) is 10.0. The molecule has 0 aliphatic carbocycles. The molecule has 6 nitrogen and oxygen atoms in total. The molecule has 0 fully saturated rings. The van der Waals surface area contributed by atoms with Gasteiger partial charge in [-0.1, -0.05) is 29.4 Å². The third kappa shape index (κ3) is 6.14. The van der Waals surface area contributed by atoms with Crippen molar-refractivity contribution in [3.05, 3.63) is 65.3 Å². The van der Waals surface area contributed by atoms with Crippen molar-refractivity contribution in [3.8, 4) is 17.1 Å². The third-order valence-corrected chi connectivity index (χ3v) is 4.50. The highest BCUT2D eigenvalue weighted by molar-refractivity contribution is 5.76. The predicted octanol–water partition coefficient (Wildman–Crippen LogP) is 4.26. The summed E-state index contributed by atoms with van der Waals surface area (Å²) in [6, 6.07) is 12.6. The lowest BCUT2D eigenvalue weighted by molar-refractivity contribution is -0.121. The van der Waals surface area contributed by atoms with Gasteiger partial charge in [0.15, 0.2) is 0 Å². The molecule has 0 aliphatic heterocycles. The number of nitrogens with one attached hydrogen (secondary N) is 1. The normalized spacial score (nSPS) is 11.0. The van der Waals surface area contributed by atoms with E-state index in [1.165, 1.54) is 6.07 Å². The summed E-state index contributed by atoms with van der Waals surface area (Å²) < 4.78 is 24.5. The van der Waals surface area contributed by atoms with Crippen LogP contribution in [0.25, 0.3) is 11.4 Å². The number of ether oxygens (including phenoxy) is 1. The van der Waals surface area contributed by atoms with Crippen molar-refractivity contribution in [2.24, 2.45) is 0 Å². The van der Waals surface area contributed by atoms with E-state index < -0.39 is 0 Å². The quantitative estimate of drug-likeness (QED) is 0.569. The second kappa shape index (κ2) is 10.0. The average Bonchev–Trinajstić information content (AvgIpc) is 3.18. The van der Waals surface area contributed by atoms with Gasteiger partial charge in [-0.25, -0.2) is 4.39 Å². The zero-order valence-corrected chi connectivity index (χ0v) is 17.4. The molecular formula is C23H26FN3O3. The minimum Gasteiger partial charge on any atom is -0.491 e. The molecule has 2 aromatic carbocycles. The van der Waals surface area contributed by atoms with Crippen LogP contribution in [0.3, 0.4) is 0 Å². The number of hydrogen-bond acceptors (Lipinski definition) is 5. The van der Waals surface area contributed by atoms with Gasteiger partial charge in [0.2, 0.25) is 17.6 Å². The smallest absolute Gasteiger partial charge is 0.227 e. The van der Waals surface area contributed by atoms with E-state index in [-0.39, 0.29) is 24.2 Å². The van der Waals surface area contributed by atoms with Gasteiger partial charge in [0, 0.05) is 24.9 Å².